The molecule has 4 rings (SSSR count). The van der Waals surface area contributed by atoms with E-state index in [1.165, 1.54) is 77.0 Å². The molecule has 4 saturated carbocycles. The van der Waals surface area contributed by atoms with E-state index in [9.17, 15) is 0 Å². The van der Waals surface area contributed by atoms with Crippen LogP contribution in [0.1, 0.15) is 78.5 Å². The Labute approximate surface area is 137 Å². The maximum Gasteiger partial charge on any atom is 0 e. The highest BCUT2D eigenvalue weighted by atomic mass is 35.5. The molecule has 100 valence electrons. The normalized spacial score (nSPS) is 16.0. The monoisotopic (exact) mass is 274 g/mol. The summed E-state index contributed by atoms with van der Waals surface area (Å²) in [6, 6.07) is 0. The highest BCUT2D eigenvalue weighted by Crippen LogP contribution is 2.15. The van der Waals surface area contributed by atoms with Gasteiger partial charge in [0.05, 0.1) is 0 Å². The SMILES string of the molecule is C1CC1.C1CC1.C1CC1.C1CC1.Cl.[3HH].[B].[B][B].[B][B][B]. The molecule has 0 aromatic rings. The average Bonchev–Trinajstić information content (AvgIpc) is 3.25. The molecule has 0 aliphatic heterocycles. The topological polar surface area (TPSA) is 0 Å². The molecule has 0 atom stereocenters. The lowest BCUT2D eigenvalue weighted by Crippen LogP contribution is -1.79. The van der Waals surface area contributed by atoms with E-state index in [-0.39, 0.29) is 22.2 Å². The third kappa shape index (κ3) is 237. The summed E-state index contributed by atoms with van der Waals surface area (Å²) in [6.45, 7) is 0. The molecule has 0 saturated heterocycles. The van der Waals surface area contributed by atoms with Crippen LogP contribution in [-0.2, 0) is 0 Å². The average molecular weight is 274 g/mol. The molecule has 19 heavy (non-hydrogen) atoms. The van der Waals surface area contributed by atoms with Crippen LogP contribution in [0.3, 0.4) is 0 Å². The van der Waals surface area contributed by atoms with Gasteiger partial charge >= 0.3 is 0 Å². The first kappa shape index (κ1) is 27.9. The summed E-state index contributed by atoms with van der Waals surface area (Å²) in [5, 5.41) is 0. The number of halogens is 1. The maximum absolute atomic E-state index is 4.50. The Balaban J connectivity index is -0.0000000440. The molecule has 0 aromatic carbocycles. The molecule has 4 aliphatic carbocycles. The lowest BCUT2D eigenvalue weighted by atomic mass is 9.40. The van der Waals surface area contributed by atoms with Crippen molar-refractivity contribution < 1.29 is 1.43 Å². The zero-order valence-electron chi connectivity index (χ0n) is 12.4. The second-order valence-electron chi connectivity index (χ2n) is 4.44. The van der Waals surface area contributed by atoms with Gasteiger partial charge in [-0.3, -0.25) is 0 Å². The Bertz CT molecular complexity index is 81.1. The fourth-order valence-corrected chi connectivity index (χ4v) is 0. The molecule has 0 N–H and O–H groups in total. The third-order valence-corrected chi connectivity index (χ3v) is 1.41. The first-order valence-electron chi connectivity index (χ1n) is 7.00. The van der Waals surface area contributed by atoms with Crippen molar-refractivity contribution in [2.24, 2.45) is 0 Å². The van der Waals surface area contributed by atoms with Gasteiger partial charge in [0.25, 0.3) is 0 Å². The number of rotatable bonds is 0. The summed E-state index contributed by atoms with van der Waals surface area (Å²) < 4.78 is 0. The van der Waals surface area contributed by atoms with E-state index in [1.807, 2.05) is 0 Å². The summed E-state index contributed by atoms with van der Waals surface area (Å²) in [6.07, 6.45) is 18.0. The molecule has 4 fully saturated rings. The van der Waals surface area contributed by atoms with Crippen LogP contribution in [0.25, 0.3) is 0 Å². The largest absolute Gasteiger partial charge is 0.147 e. The van der Waals surface area contributed by atoms with Crippen molar-refractivity contribution >= 4 is 58.8 Å². The predicted octanol–water partition coefficient (Wildman–Crippen LogP) is 3.06. The Morgan fingerprint density at radius 3 is 0.579 bits per heavy atom. The van der Waals surface area contributed by atoms with E-state index in [0.29, 0.717) is 0 Å². The van der Waals surface area contributed by atoms with E-state index < -0.39 is 0 Å². The molecule has 0 nitrogen and oxygen atoms in total. The molecule has 0 bridgehead atoms. The van der Waals surface area contributed by atoms with Crippen LogP contribution < -0.4 is 0 Å². The van der Waals surface area contributed by atoms with Gasteiger partial charge in [-0.15, -0.1) is 12.4 Å². The van der Waals surface area contributed by atoms with E-state index in [1.54, 1.807) is 0 Å². The van der Waals surface area contributed by atoms with E-state index in [4.69, 9.17) is 0 Å². The highest BCUT2D eigenvalue weighted by molar-refractivity contribution is 7.17. The Hall–Kier alpha value is 0.680. The van der Waals surface area contributed by atoms with Crippen LogP contribution in [0.5, 0.6) is 0 Å². The molecular weight excluding hydrogens is 244 g/mol. The summed E-state index contributed by atoms with van der Waals surface area (Å²) in [5.41, 5.74) is 0. The minimum atomic E-state index is 0. The van der Waals surface area contributed by atoms with Gasteiger partial charge in [-0.1, -0.05) is 77.0 Å². The van der Waals surface area contributed by atoms with Gasteiger partial charge < -0.3 is 0 Å². The van der Waals surface area contributed by atoms with Crippen molar-refractivity contribution in [1.82, 2.24) is 0 Å². The van der Waals surface area contributed by atoms with Crippen molar-refractivity contribution in [2.75, 3.05) is 0 Å². The molecule has 0 aromatic heterocycles. The van der Waals surface area contributed by atoms with Crippen molar-refractivity contribution in [3.63, 3.8) is 0 Å². The molecule has 12 radical (unpaired) electrons. The zero-order valence-corrected chi connectivity index (χ0v) is 13.2. The molecule has 4 aliphatic rings. The van der Waals surface area contributed by atoms with Gasteiger partial charge in [-0.2, -0.15) is 0 Å². The number of hydrogen-bond acceptors (Lipinski definition) is 0. The van der Waals surface area contributed by atoms with Gasteiger partial charge in [0.15, 0.2) is 0 Å². The molecule has 0 heterocycles. The van der Waals surface area contributed by atoms with Crippen molar-refractivity contribution in [2.45, 2.75) is 77.0 Å². The van der Waals surface area contributed by atoms with Gasteiger partial charge in [0.1, 0.15) is 0 Å². The Morgan fingerprint density at radius 1 is 0.526 bits per heavy atom. The summed E-state index contributed by atoms with van der Waals surface area (Å²) in [7, 11) is 18.0. The van der Waals surface area contributed by atoms with E-state index >= 15 is 0 Å². The number of hydrogen-bond donors (Lipinski definition) is 0. The van der Waals surface area contributed by atoms with Crippen LogP contribution in [-0.4, -0.2) is 46.4 Å². The molecule has 7 heteroatoms. The lowest BCUT2D eigenvalue weighted by molar-refractivity contribution is 1.50. The van der Waals surface area contributed by atoms with Crippen LogP contribution >= 0.6 is 12.4 Å². The van der Waals surface area contributed by atoms with Crippen LogP contribution in [0.15, 0.2) is 0 Å². The summed E-state index contributed by atoms with van der Waals surface area (Å²) >= 11 is 0. The quantitative estimate of drug-likeness (QED) is 0.595. The minimum Gasteiger partial charge on any atom is -0.147 e. The molecule has 0 spiro atoms. The van der Waals surface area contributed by atoms with E-state index in [0.717, 1.165) is 7.06 Å². The second-order valence-corrected chi connectivity index (χ2v) is 4.44. The highest BCUT2D eigenvalue weighted by Gasteiger charge is 1.96. The zero-order chi connectivity index (χ0) is 13.2. The predicted molar refractivity (Wildman–Crippen MR) is 99.3 cm³/mol. The molecule has 0 amide bonds. The summed E-state index contributed by atoms with van der Waals surface area (Å²) in [5.74, 6) is 0. The third-order valence-electron chi connectivity index (χ3n) is 1.41. The Kier molecular flexibility index (Phi) is 45.9. The van der Waals surface area contributed by atoms with Crippen molar-refractivity contribution in [1.29, 1.82) is 0 Å². The van der Waals surface area contributed by atoms with Gasteiger partial charge in [-0.05, 0) is 0 Å². The van der Waals surface area contributed by atoms with Gasteiger partial charge in [-0.25, -0.2) is 0 Å². The molecule has 0 unspecified atom stereocenters. The fraction of sp³-hybridized carbons (Fsp3) is 1.00. The van der Waals surface area contributed by atoms with Gasteiger partial charge in [0.2, 0.25) is 0 Å². The summed E-state index contributed by atoms with van der Waals surface area (Å²) in [4.78, 5) is 0. The maximum atomic E-state index is 4.50. The van der Waals surface area contributed by atoms with Crippen LogP contribution in [0.4, 0.5) is 0 Å². The molecular formula is C12H27B6Cl. The smallest absolute Gasteiger partial charge is 0 e. The van der Waals surface area contributed by atoms with Gasteiger partial charge in [0, 0.05) is 47.8 Å². The van der Waals surface area contributed by atoms with Crippen LogP contribution in [0, 0.1) is 0 Å². The first-order valence-corrected chi connectivity index (χ1v) is 7.00. The standard InChI is InChI=1S/4C3H6.B3.B2.B.ClH.H2/c4*1-2-3-1;1-3-2;1-2;;;/h4*1-3H2;;;;2*1H/i;;;;;;;;1+2. The minimum absolute atomic E-state index is 0. The Morgan fingerprint density at radius 2 is 0.579 bits per heavy atom. The van der Waals surface area contributed by atoms with Crippen LogP contribution in [0.2, 0.25) is 0 Å². The fourth-order valence-electron chi connectivity index (χ4n) is 0. The van der Waals surface area contributed by atoms with E-state index in [2.05, 4.69) is 30.9 Å². The van der Waals surface area contributed by atoms with Crippen molar-refractivity contribution in [3.8, 4) is 0 Å². The first-order chi connectivity index (χ1) is 8.41. The van der Waals surface area contributed by atoms with Crippen molar-refractivity contribution in [3.05, 3.63) is 0 Å². The second kappa shape index (κ2) is 31.2. The lowest BCUT2D eigenvalue weighted by Gasteiger charge is -1.41.